The van der Waals surface area contributed by atoms with Crippen molar-refractivity contribution in [2.75, 3.05) is 30.9 Å². The lowest BCUT2D eigenvalue weighted by Crippen LogP contribution is -2.21. The molecule has 2 aromatic carbocycles. The summed E-state index contributed by atoms with van der Waals surface area (Å²) in [6.45, 7) is 3.54. The number of amides is 1. The molecule has 0 saturated heterocycles. The van der Waals surface area contributed by atoms with Crippen LogP contribution in [0.15, 0.2) is 42.5 Å². The van der Waals surface area contributed by atoms with E-state index >= 15 is 0 Å². The number of rotatable bonds is 5. The Morgan fingerprint density at radius 2 is 1.83 bits per heavy atom. The summed E-state index contributed by atoms with van der Waals surface area (Å²) in [5, 5.41) is 2.76. The fourth-order valence-electron chi connectivity index (χ4n) is 2.18. The lowest BCUT2D eigenvalue weighted by atomic mass is 10.1. The van der Waals surface area contributed by atoms with Crippen LogP contribution in [0.4, 0.5) is 11.4 Å². The van der Waals surface area contributed by atoms with E-state index in [1.165, 1.54) is 0 Å². The first-order chi connectivity index (χ1) is 11.4. The number of ether oxygens (including phenoxy) is 1. The second-order valence-electron chi connectivity index (χ2n) is 5.89. The highest BCUT2D eigenvalue weighted by Crippen LogP contribution is 2.17. The van der Waals surface area contributed by atoms with Gasteiger partial charge in [0.25, 0.3) is 5.91 Å². The first-order valence-corrected chi connectivity index (χ1v) is 7.68. The van der Waals surface area contributed by atoms with Crippen LogP contribution < -0.4 is 10.2 Å². The molecule has 0 saturated carbocycles. The number of hydrogen-bond acceptors (Lipinski definition) is 4. The topological polar surface area (TPSA) is 58.6 Å². The van der Waals surface area contributed by atoms with Crippen molar-refractivity contribution in [1.29, 1.82) is 0 Å². The molecule has 2 rings (SSSR count). The molecule has 126 valence electrons. The molecule has 0 unspecified atom stereocenters. The van der Waals surface area contributed by atoms with Crippen molar-refractivity contribution in [3.05, 3.63) is 59.2 Å². The van der Waals surface area contributed by atoms with E-state index in [9.17, 15) is 9.59 Å². The number of carbonyl (C=O) groups excluding carboxylic acids is 2. The van der Waals surface area contributed by atoms with Crippen molar-refractivity contribution in [3.63, 3.8) is 0 Å². The Hall–Kier alpha value is -2.82. The summed E-state index contributed by atoms with van der Waals surface area (Å²) in [5.41, 5.74) is 4.04. The first-order valence-electron chi connectivity index (χ1n) is 7.68. The van der Waals surface area contributed by atoms with Gasteiger partial charge < -0.3 is 15.0 Å². The van der Waals surface area contributed by atoms with Gasteiger partial charge in [0.2, 0.25) is 0 Å². The standard InChI is InChI=1S/C19H22N2O3/c1-13-8-9-14(2)17(10-13)20-18(22)12-24-19(23)15-6-5-7-16(11-15)21(3)4/h5-11H,12H2,1-4H3,(H,20,22). The van der Waals surface area contributed by atoms with Crippen LogP contribution in [0.5, 0.6) is 0 Å². The molecule has 0 atom stereocenters. The van der Waals surface area contributed by atoms with Crippen LogP contribution in [0, 0.1) is 13.8 Å². The van der Waals surface area contributed by atoms with Crippen molar-refractivity contribution in [2.24, 2.45) is 0 Å². The van der Waals surface area contributed by atoms with Crippen molar-refractivity contribution in [2.45, 2.75) is 13.8 Å². The van der Waals surface area contributed by atoms with Gasteiger partial charge in [0.05, 0.1) is 5.56 Å². The fourth-order valence-corrected chi connectivity index (χ4v) is 2.18. The summed E-state index contributed by atoms with van der Waals surface area (Å²) in [7, 11) is 3.78. The minimum absolute atomic E-state index is 0.321. The molecule has 0 aliphatic carbocycles. The molecule has 0 aliphatic rings. The van der Waals surface area contributed by atoms with Crippen LogP contribution in [-0.4, -0.2) is 32.6 Å². The zero-order valence-electron chi connectivity index (χ0n) is 14.4. The number of benzene rings is 2. The molecule has 5 heteroatoms. The second kappa shape index (κ2) is 7.64. The average Bonchev–Trinajstić information content (AvgIpc) is 2.56. The summed E-state index contributed by atoms with van der Waals surface area (Å²) in [4.78, 5) is 26.0. The van der Waals surface area contributed by atoms with Gasteiger partial charge in [-0.1, -0.05) is 18.2 Å². The van der Waals surface area contributed by atoms with Crippen LogP contribution in [0.3, 0.4) is 0 Å². The largest absolute Gasteiger partial charge is 0.452 e. The van der Waals surface area contributed by atoms with Crippen LogP contribution in [-0.2, 0) is 9.53 Å². The van der Waals surface area contributed by atoms with Gasteiger partial charge >= 0.3 is 5.97 Å². The van der Waals surface area contributed by atoms with Crippen molar-refractivity contribution >= 4 is 23.3 Å². The molecule has 0 heterocycles. The maximum Gasteiger partial charge on any atom is 0.338 e. The highest BCUT2D eigenvalue weighted by Gasteiger charge is 2.12. The van der Waals surface area contributed by atoms with Crippen molar-refractivity contribution < 1.29 is 14.3 Å². The Balaban J connectivity index is 1.95. The molecule has 0 spiro atoms. The smallest absolute Gasteiger partial charge is 0.338 e. The lowest BCUT2D eigenvalue weighted by molar-refractivity contribution is -0.119. The Bertz CT molecular complexity index is 754. The maximum atomic E-state index is 12.1. The molecular weight excluding hydrogens is 304 g/mol. The van der Waals surface area contributed by atoms with E-state index in [2.05, 4.69) is 5.32 Å². The van der Waals surface area contributed by atoms with E-state index in [1.807, 2.05) is 57.1 Å². The van der Waals surface area contributed by atoms with E-state index in [1.54, 1.807) is 18.2 Å². The number of nitrogens with one attached hydrogen (secondary N) is 1. The Morgan fingerprint density at radius 3 is 2.54 bits per heavy atom. The van der Waals surface area contributed by atoms with Gasteiger partial charge in [0.15, 0.2) is 6.61 Å². The van der Waals surface area contributed by atoms with E-state index in [0.717, 1.165) is 22.5 Å². The number of anilines is 2. The van der Waals surface area contributed by atoms with E-state index < -0.39 is 5.97 Å². The van der Waals surface area contributed by atoms with Crippen LogP contribution in [0.2, 0.25) is 0 Å². The first kappa shape index (κ1) is 17.5. The van der Waals surface area contributed by atoms with Gasteiger partial charge in [-0.15, -0.1) is 0 Å². The molecule has 0 fully saturated rings. The quantitative estimate of drug-likeness (QED) is 0.858. The van der Waals surface area contributed by atoms with Gasteiger partial charge in [-0.05, 0) is 49.2 Å². The molecule has 1 amide bonds. The Morgan fingerprint density at radius 1 is 1.08 bits per heavy atom. The number of nitrogens with zero attached hydrogens (tertiary/aromatic N) is 1. The monoisotopic (exact) mass is 326 g/mol. The van der Waals surface area contributed by atoms with Crippen LogP contribution in [0.1, 0.15) is 21.5 Å². The van der Waals surface area contributed by atoms with Crippen molar-refractivity contribution in [3.8, 4) is 0 Å². The normalized spacial score (nSPS) is 10.2. The molecule has 2 aromatic rings. The van der Waals surface area contributed by atoms with Gasteiger partial charge in [0, 0.05) is 25.5 Å². The predicted octanol–water partition coefficient (Wildman–Crippen LogP) is 3.16. The molecule has 5 nitrogen and oxygen atoms in total. The fraction of sp³-hybridized carbons (Fsp3) is 0.263. The Kier molecular flexibility index (Phi) is 5.58. The third-order valence-corrected chi connectivity index (χ3v) is 3.60. The maximum absolute atomic E-state index is 12.1. The molecular formula is C19H22N2O3. The van der Waals surface area contributed by atoms with Gasteiger partial charge in [-0.25, -0.2) is 4.79 Å². The molecule has 0 aliphatic heterocycles. The van der Waals surface area contributed by atoms with E-state index in [0.29, 0.717) is 5.56 Å². The minimum atomic E-state index is -0.519. The molecule has 0 radical (unpaired) electrons. The van der Waals surface area contributed by atoms with Crippen LogP contribution >= 0.6 is 0 Å². The number of carbonyl (C=O) groups is 2. The summed E-state index contributed by atoms with van der Waals surface area (Å²) in [5.74, 6) is -0.879. The zero-order chi connectivity index (χ0) is 17.7. The Labute approximate surface area is 142 Å². The van der Waals surface area contributed by atoms with Crippen LogP contribution in [0.25, 0.3) is 0 Å². The summed E-state index contributed by atoms with van der Waals surface area (Å²) >= 11 is 0. The lowest BCUT2D eigenvalue weighted by Gasteiger charge is -2.13. The molecule has 0 aromatic heterocycles. The molecule has 1 N–H and O–H groups in total. The highest BCUT2D eigenvalue weighted by atomic mass is 16.5. The summed E-state index contributed by atoms with van der Waals surface area (Å²) in [6.07, 6.45) is 0. The second-order valence-corrected chi connectivity index (χ2v) is 5.89. The van der Waals surface area contributed by atoms with E-state index in [4.69, 9.17) is 4.74 Å². The zero-order valence-corrected chi connectivity index (χ0v) is 14.4. The van der Waals surface area contributed by atoms with Gasteiger partial charge in [0.1, 0.15) is 0 Å². The number of esters is 1. The third-order valence-electron chi connectivity index (χ3n) is 3.60. The van der Waals surface area contributed by atoms with Gasteiger partial charge in [-0.2, -0.15) is 0 Å². The number of hydrogen-bond donors (Lipinski definition) is 1. The SMILES string of the molecule is Cc1ccc(C)c(NC(=O)COC(=O)c2cccc(N(C)C)c2)c1. The summed E-state index contributed by atoms with van der Waals surface area (Å²) in [6, 6.07) is 12.9. The number of aryl methyl sites for hydroxylation is 2. The average molecular weight is 326 g/mol. The van der Waals surface area contributed by atoms with Gasteiger partial charge in [-0.3, -0.25) is 4.79 Å². The third kappa shape index (κ3) is 4.59. The summed E-state index contributed by atoms with van der Waals surface area (Å²) < 4.78 is 5.10. The highest BCUT2D eigenvalue weighted by molar-refractivity contribution is 5.96. The van der Waals surface area contributed by atoms with Crippen molar-refractivity contribution in [1.82, 2.24) is 0 Å². The van der Waals surface area contributed by atoms with E-state index in [-0.39, 0.29) is 12.5 Å². The minimum Gasteiger partial charge on any atom is -0.452 e. The predicted molar refractivity (Wildman–Crippen MR) is 95.6 cm³/mol. The molecule has 0 bridgehead atoms. The molecule has 24 heavy (non-hydrogen) atoms.